The smallest absolute Gasteiger partial charge is 0.346 e. The lowest BCUT2D eigenvalue weighted by Crippen LogP contribution is -2.37. The molecule has 0 bridgehead atoms. The Morgan fingerprint density at radius 1 is 1.17 bits per heavy atom. The van der Waals surface area contributed by atoms with Gasteiger partial charge in [-0.15, -0.1) is 4.55 Å². The monoisotopic (exact) mass is 201 g/mol. The fraction of sp³-hybridized carbons (Fsp3) is 1.00. The molecular weight excluding hydrogens is 182 g/mol. The quantitative estimate of drug-likeness (QED) is 0.472. The highest BCUT2D eigenvalue weighted by molar-refractivity contribution is 6.93. The van der Waals surface area contributed by atoms with E-state index in [2.05, 4.69) is 32.6 Å². The molecule has 0 aliphatic rings. The molecule has 12 heavy (non-hydrogen) atoms. The Balaban J connectivity index is 3.64. The fourth-order valence-corrected chi connectivity index (χ4v) is 2.48. The first-order valence-electron chi connectivity index (χ1n) is 4.91. The van der Waals surface area contributed by atoms with Crippen molar-refractivity contribution < 1.29 is 0 Å². The molecule has 0 amide bonds. The van der Waals surface area contributed by atoms with Gasteiger partial charge in [0.25, 0.3) is 0 Å². The predicted octanol–water partition coefficient (Wildman–Crippen LogP) is 2.77. The first-order chi connectivity index (χ1) is 5.59. The summed E-state index contributed by atoms with van der Waals surface area (Å²) in [6.07, 6.45) is 1.28. The Labute approximate surface area is 90.3 Å². The van der Waals surface area contributed by atoms with Crippen LogP contribution in [0.2, 0.25) is 4.55 Å². The summed E-state index contributed by atoms with van der Waals surface area (Å²) in [5.74, 6) is 0. The Morgan fingerprint density at radius 2 is 1.67 bits per heavy atom. The van der Waals surface area contributed by atoms with Crippen molar-refractivity contribution in [1.82, 2.24) is 4.90 Å². The minimum absolute atomic E-state index is 0.233. The number of halogens is 1. The Hall–Kier alpha value is 1.02. The van der Waals surface area contributed by atoms with Crippen LogP contribution in [0.15, 0.2) is 0 Å². The summed E-state index contributed by atoms with van der Waals surface area (Å²) in [4.78, 5) is 2.53. The van der Waals surface area contributed by atoms with Gasteiger partial charge in [0, 0.05) is 12.1 Å². The van der Waals surface area contributed by atoms with E-state index < -0.39 is 0 Å². The van der Waals surface area contributed by atoms with E-state index in [0.717, 1.165) is 0 Å². The first-order valence-corrected chi connectivity index (χ1v) is 8.05. The highest BCUT2D eigenvalue weighted by atomic mass is 35.5. The second-order valence-electron chi connectivity index (χ2n) is 3.82. The molecule has 0 rings (SSSR count). The van der Waals surface area contributed by atoms with E-state index >= 15 is 0 Å². The molecule has 0 fully saturated rings. The second kappa shape index (κ2) is 7.42. The molecule has 1 nitrogen and oxygen atoms in total. The maximum absolute atomic E-state index is 5.76. The summed E-state index contributed by atoms with van der Waals surface area (Å²) in [6.45, 7) is 10.3. The lowest BCUT2D eigenvalue weighted by atomic mass is 10.2. The molecule has 70 valence electrons. The van der Waals surface area contributed by atoms with Gasteiger partial charge in [0.15, 0.2) is 0 Å². The van der Waals surface area contributed by atoms with Gasteiger partial charge >= 0.3 is 19.3 Å². The van der Waals surface area contributed by atoms with Crippen LogP contribution in [0, 0.1) is 0 Å². The average molecular weight is 202 g/mol. The van der Waals surface area contributed by atoms with Crippen LogP contribution < -0.4 is 0 Å². The molecule has 0 unspecified atom stereocenters. The van der Waals surface area contributed by atoms with E-state index in [1.807, 2.05) is 0 Å². The molecule has 3 heteroatoms. The van der Waals surface area contributed by atoms with E-state index in [-0.39, 0.29) is 19.3 Å². The summed E-state index contributed by atoms with van der Waals surface area (Å²) < 4.78 is 1.28. The van der Waals surface area contributed by atoms with Crippen LogP contribution in [0.25, 0.3) is 0 Å². The maximum Gasteiger partial charge on any atom is 0.501 e. The van der Waals surface area contributed by atoms with Crippen molar-refractivity contribution in [3.63, 3.8) is 0 Å². The van der Waals surface area contributed by atoms with Gasteiger partial charge in [0.2, 0.25) is 0 Å². The number of hydrogen-bond acceptors (Lipinski definition) is 1. The summed E-state index contributed by atoms with van der Waals surface area (Å²) in [7, 11) is 5.76. The van der Waals surface area contributed by atoms with Crippen LogP contribution >= 0.6 is 9.07 Å². The molecule has 0 aliphatic carbocycles. The van der Waals surface area contributed by atoms with Crippen molar-refractivity contribution in [1.29, 1.82) is 0 Å². The van der Waals surface area contributed by atoms with Crippen molar-refractivity contribution in [2.24, 2.45) is 0 Å². The Kier molecular flexibility index (Phi) is 8.05. The molecule has 0 heterocycles. The van der Waals surface area contributed by atoms with Gasteiger partial charge in [-0.2, -0.15) is 0 Å². The van der Waals surface area contributed by atoms with Gasteiger partial charge in [-0.3, -0.25) is 4.90 Å². The molecular formula is C9H20ClMgN. The second-order valence-corrected chi connectivity index (χ2v) is 6.04. The lowest BCUT2D eigenvalue weighted by molar-refractivity contribution is 0.175. The lowest BCUT2D eigenvalue weighted by Gasteiger charge is -2.30. The van der Waals surface area contributed by atoms with Crippen molar-refractivity contribution in [3.05, 3.63) is 0 Å². The first kappa shape index (κ1) is 13.0. The van der Waals surface area contributed by atoms with Gasteiger partial charge in [-0.05, 0) is 34.2 Å². The van der Waals surface area contributed by atoms with Crippen molar-refractivity contribution in [2.75, 3.05) is 6.54 Å². The molecule has 0 aromatic heterocycles. The summed E-state index contributed by atoms with van der Waals surface area (Å²) in [5, 5.41) is 0. The molecule has 0 N–H and O–H groups in total. The average Bonchev–Trinajstić information content (AvgIpc) is 1.96. The molecule has 0 spiro atoms. The highest BCUT2D eigenvalue weighted by Crippen LogP contribution is 2.06. The third kappa shape index (κ3) is 5.63. The van der Waals surface area contributed by atoms with Crippen LogP contribution in [0.3, 0.4) is 0 Å². The van der Waals surface area contributed by atoms with E-state index in [0.29, 0.717) is 12.1 Å². The Bertz CT molecular complexity index is 98.7. The molecule has 0 saturated carbocycles. The SMILES string of the molecule is CC(C)N(CC[CH2][Mg][Cl])C(C)C. The van der Waals surface area contributed by atoms with E-state index in [1.165, 1.54) is 17.5 Å². The standard InChI is InChI=1S/C9H20N.ClH.Mg/c1-6-7-10(8(2)3)9(4)5;;/h8-9H,1,6-7H2,2-5H3;1H;/q;;+1/p-1. The number of hydrogen-bond donors (Lipinski definition) is 0. The topological polar surface area (TPSA) is 3.24 Å². The van der Waals surface area contributed by atoms with Gasteiger partial charge < -0.3 is 9.07 Å². The zero-order valence-corrected chi connectivity index (χ0v) is 11.0. The normalized spacial score (nSPS) is 11.3. The van der Waals surface area contributed by atoms with Crippen LogP contribution in [-0.4, -0.2) is 42.8 Å². The molecule has 0 atom stereocenters. The molecule has 0 saturated heterocycles. The molecule has 0 aromatic carbocycles. The van der Waals surface area contributed by atoms with Gasteiger partial charge in [0.05, 0.1) is 0 Å². The van der Waals surface area contributed by atoms with Crippen molar-refractivity contribution in [2.45, 2.75) is 50.7 Å². The molecule has 0 aromatic rings. The van der Waals surface area contributed by atoms with Crippen LogP contribution in [0.5, 0.6) is 0 Å². The third-order valence-electron chi connectivity index (χ3n) is 2.13. The number of rotatable bonds is 6. The Morgan fingerprint density at radius 3 is 2.00 bits per heavy atom. The third-order valence-corrected chi connectivity index (χ3v) is 3.70. The highest BCUT2D eigenvalue weighted by Gasteiger charge is 2.11. The molecule has 0 radical (unpaired) electrons. The maximum atomic E-state index is 5.76. The predicted molar refractivity (Wildman–Crippen MR) is 58.0 cm³/mol. The molecule has 0 aliphatic heterocycles. The minimum atomic E-state index is -0.233. The summed E-state index contributed by atoms with van der Waals surface area (Å²) in [6, 6.07) is 1.34. The zero-order chi connectivity index (χ0) is 9.56. The van der Waals surface area contributed by atoms with E-state index in [4.69, 9.17) is 9.07 Å². The van der Waals surface area contributed by atoms with Gasteiger partial charge in [-0.25, -0.2) is 0 Å². The van der Waals surface area contributed by atoms with Crippen LogP contribution in [0.1, 0.15) is 34.1 Å². The van der Waals surface area contributed by atoms with Gasteiger partial charge in [0.1, 0.15) is 0 Å². The number of nitrogens with zero attached hydrogens (tertiary/aromatic N) is 1. The van der Waals surface area contributed by atoms with Crippen LogP contribution in [0.4, 0.5) is 0 Å². The van der Waals surface area contributed by atoms with Crippen molar-refractivity contribution in [3.8, 4) is 0 Å². The van der Waals surface area contributed by atoms with E-state index in [9.17, 15) is 0 Å². The fourth-order valence-electron chi connectivity index (χ4n) is 1.50. The zero-order valence-electron chi connectivity index (χ0n) is 8.81. The minimum Gasteiger partial charge on any atom is -0.346 e. The van der Waals surface area contributed by atoms with Crippen LogP contribution in [-0.2, 0) is 0 Å². The summed E-state index contributed by atoms with van der Waals surface area (Å²) in [5.41, 5.74) is 0. The summed E-state index contributed by atoms with van der Waals surface area (Å²) >= 11 is -0.233. The van der Waals surface area contributed by atoms with Crippen molar-refractivity contribution >= 4 is 28.3 Å². The largest absolute Gasteiger partial charge is 0.501 e. The van der Waals surface area contributed by atoms with E-state index in [1.54, 1.807) is 0 Å². The van der Waals surface area contributed by atoms with Gasteiger partial charge in [-0.1, -0.05) is 6.42 Å².